The lowest BCUT2D eigenvalue weighted by molar-refractivity contribution is 0.534. The van der Waals surface area contributed by atoms with E-state index in [4.69, 9.17) is 0 Å². The van der Waals surface area contributed by atoms with Gasteiger partial charge in [-0.2, -0.15) is 0 Å². The van der Waals surface area contributed by atoms with Gasteiger partial charge in [0.25, 0.3) is 0 Å². The lowest BCUT2D eigenvalue weighted by Crippen LogP contribution is -2.29. The minimum Gasteiger partial charge on any atom is -0.312 e. The summed E-state index contributed by atoms with van der Waals surface area (Å²) < 4.78 is 3.53. The van der Waals surface area contributed by atoms with E-state index in [1.807, 2.05) is 26.2 Å². The predicted octanol–water partition coefficient (Wildman–Crippen LogP) is 0.983. The highest BCUT2D eigenvalue weighted by molar-refractivity contribution is 4.85. The van der Waals surface area contributed by atoms with Crippen LogP contribution in [0.5, 0.6) is 0 Å². The van der Waals surface area contributed by atoms with Crippen molar-refractivity contribution in [3.63, 3.8) is 0 Å². The number of hydrogen-bond acceptors (Lipinski definition) is 2. The second-order valence-corrected chi connectivity index (χ2v) is 4.50. The van der Waals surface area contributed by atoms with Gasteiger partial charge in [0.2, 0.25) is 0 Å². The van der Waals surface area contributed by atoms with Crippen LogP contribution in [0.4, 0.5) is 0 Å². The predicted molar refractivity (Wildman–Crippen MR) is 60.1 cm³/mol. The molecule has 1 N–H and O–H groups in total. The summed E-state index contributed by atoms with van der Waals surface area (Å²) in [7, 11) is 0. The van der Waals surface area contributed by atoms with E-state index in [9.17, 15) is 4.79 Å². The number of nitrogens with one attached hydrogen (secondary N) is 1. The third kappa shape index (κ3) is 2.50. The first kappa shape index (κ1) is 10.5. The first-order valence-corrected chi connectivity index (χ1v) is 5.69. The highest BCUT2D eigenvalue weighted by Gasteiger charge is 2.19. The van der Waals surface area contributed by atoms with Gasteiger partial charge in [-0.3, -0.25) is 9.13 Å². The van der Waals surface area contributed by atoms with E-state index in [0.29, 0.717) is 6.04 Å². The molecule has 1 heterocycles. The van der Waals surface area contributed by atoms with Crippen LogP contribution in [0.3, 0.4) is 0 Å². The third-order valence-corrected chi connectivity index (χ3v) is 2.79. The van der Waals surface area contributed by atoms with Crippen LogP contribution in [0.2, 0.25) is 0 Å². The van der Waals surface area contributed by atoms with Crippen molar-refractivity contribution >= 4 is 0 Å². The number of aromatic nitrogens is 2. The Labute approximate surface area is 89.9 Å². The van der Waals surface area contributed by atoms with Crippen molar-refractivity contribution < 1.29 is 0 Å². The van der Waals surface area contributed by atoms with Crippen LogP contribution in [0.15, 0.2) is 17.2 Å². The summed E-state index contributed by atoms with van der Waals surface area (Å²) in [5, 5.41) is 3.40. The van der Waals surface area contributed by atoms with Crippen LogP contribution >= 0.6 is 0 Å². The molecule has 0 radical (unpaired) electrons. The molecule has 1 aliphatic carbocycles. The van der Waals surface area contributed by atoms with Crippen LogP contribution in [-0.2, 0) is 6.54 Å². The first-order chi connectivity index (χ1) is 7.18. The molecule has 1 aromatic heterocycles. The highest BCUT2D eigenvalue weighted by Crippen LogP contribution is 2.17. The van der Waals surface area contributed by atoms with Crippen molar-refractivity contribution in [2.24, 2.45) is 0 Å². The molecule has 2 rings (SSSR count). The SMILES string of the molecule is CC(C)n1ccn(CCNC2CC2)c1=O. The average molecular weight is 209 g/mol. The van der Waals surface area contributed by atoms with E-state index in [1.165, 1.54) is 12.8 Å². The van der Waals surface area contributed by atoms with Crippen LogP contribution in [-0.4, -0.2) is 21.7 Å². The van der Waals surface area contributed by atoms with Crippen molar-refractivity contribution in [3.05, 3.63) is 22.9 Å². The largest absolute Gasteiger partial charge is 0.328 e. The van der Waals surface area contributed by atoms with Crippen molar-refractivity contribution in [1.29, 1.82) is 0 Å². The summed E-state index contributed by atoms with van der Waals surface area (Å²) in [6.45, 7) is 5.71. The van der Waals surface area contributed by atoms with Gasteiger partial charge in [-0.25, -0.2) is 4.79 Å². The minimum absolute atomic E-state index is 0.0996. The maximum Gasteiger partial charge on any atom is 0.328 e. The number of nitrogens with zero attached hydrogens (tertiary/aromatic N) is 2. The number of hydrogen-bond donors (Lipinski definition) is 1. The Kier molecular flexibility index (Phi) is 2.95. The molecule has 4 heteroatoms. The molecular formula is C11H19N3O. The fourth-order valence-electron chi connectivity index (χ4n) is 1.67. The molecule has 0 aromatic carbocycles. The Hall–Kier alpha value is -1.03. The van der Waals surface area contributed by atoms with Gasteiger partial charge in [-0.1, -0.05) is 0 Å². The fourth-order valence-corrected chi connectivity index (χ4v) is 1.67. The molecule has 0 saturated heterocycles. The molecule has 1 aliphatic rings. The van der Waals surface area contributed by atoms with Crippen LogP contribution in [0.25, 0.3) is 0 Å². The van der Waals surface area contributed by atoms with Crippen molar-refractivity contribution in [2.45, 2.75) is 45.3 Å². The Morgan fingerprint density at radius 2 is 2.20 bits per heavy atom. The van der Waals surface area contributed by atoms with Crippen LogP contribution in [0, 0.1) is 0 Å². The van der Waals surface area contributed by atoms with Gasteiger partial charge in [0.1, 0.15) is 0 Å². The normalized spacial score (nSPS) is 16.2. The van der Waals surface area contributed by atoms with Crippen LogP contribution < -0.4 is 11.0 Å². The summed E-state index contributed by atoms with van der Waals surface area (Å²) >= 11 is 0. The molecule has 0 spiro atoms. The van der Waals surface area contributed by atoms with E-state index in [1.54, 1.807) is 9.13 Å². The molecule has 0 atom stereocenters. The van der Waals surface area contributed by atoms with E-state index >= 15 is 0 Å². The molecule has 1 fully saturated rings. The second kappa shape index (κ2) is 4.23. The van der Waals surface area contributed by atoms with Crippen molar-refractivity contribution in [2.75, 3.05) is 6.54 Å². The Morgan fingerprint density at radius 1 is 1.47 bits per heavy atom. The number of rotatable bonds is 5. The zero-order chi connectivity index (χ0) is 10.8. The van der Waals surface area contributed by atoms with Gasteiger partial charge in [0.05, 0.1) is 0 Å². The van der Waals surface area contributed by atoms with E-state index in [0.717, 1.165) is 13.1 Å². The lowest BCUT2D eigenvalue weighted by atomic mass is 10.4. The van der Waals surface area contributed by atoms with E-state index < -0.39 is 0 Å². The standard InChI is InChI=1S/C11H19N3O/c1-9(2)14-8-7-13(11(14)15)6-5-12-10-3-4-10/h7-10,12H,3-6H2,1-2H3. The van der Waals surface area contributed by atoms with E-state index in [-0.39, 0.29) is 11.7 Å². The molecule has 0 unspecified atom stereocenters. The topological polar surface area (TPSA) is 39.0 Å². The van der Waals surface area contributed by atoms with Gasteiger partial charge >= 0.3 is 5.69 Å². The minimum atomic E-state index is 0.0996. The monoisotopic (exact) mass is 209 g/mol. The maximum atomic E-state index is 11.8. The molecular weight excluding hydrogens is 190 g/mol. The maximum absolute atomic E-state index is 11.8. The summed E-state index contributed by atoms with van der Waals surface area (Å²) in [5.41, 5.74) is 0.0996. The highest BCUT2D eigenvalue weighted by atomic mass is 16.1. The van der Waals surface area contributed by atoms with Gasteiger partial charge in [0.15, 0.2) is 0 Å². The quantitative estimate of drug-likeness (QED) is 0.785. The smallest absolute Gasteiger partial charge is 0.312 e. The Bertz CT molecular complexity index is 373. The summed E-state index contributed by atoms with van der Waals surface area (Å²) in [5.74, 6) is 0. The molecule has 0 amide bonds. The van der Waals surface area contributed by atoms with E-state index in [2.05, 4.69) is 5.32 Å². The summed E-state index contributed by atoms with van der Waals surface area (Å²) in [6.07, 6.45) is 6.32. The molecule has 1 saturated carbocycles. The molecule has 1 aromatic rings. The fraction of sp³-hybridized carbons (Fsp3) is 0.727. The van der Waals surface area contributed by atoms with Gasteiger partial charge in [-0.15, -0.1) is 0 Å². The Balaban J connectivity index is 1.92. The lowest BCUT2D eigenvalue weighted by Gasteiger charge is -2.05. The van der Waals surface area contributed by atoms with Gasteiger partial charge < -0.3 is 5.32 Å². The van der Waals surface area contributed by atoms with Gasteiger partial charge in [-0.05, 0) is 26.7 Å². The zero-order valence-corrected chi connectivity index (χ0v) is 9.44. The molecule has 0 aliphatic heterocycles. The molecule has 15 heavy (non-hydrogen) atoms. The van der Waals surface area contributed by atoms with Crippen LogP contribution in [0.1, 0.15) is 32.7 Å². The Morgan fingerprint density at radius 3 is 2.73 bits per heavy atom. The molecule has 84 valence electrons. The van der Waals surface area contributed by atoms with Crippen molar-refractivity contribution in [3.8, 4) is 0 Å². The average Bonchev–Trinajstić information content (AvgIpc) is 2.92. The zero-order valence-electron chi connectivity index (χ0n) is 9.44. The van der Waals surface area contributed by atoms with Crippen molar-refractivity contribution in [1.82, 2.24) is 14.5 Å². The third-order valence-electron chi connectivity index (χ3n) is 2.79. The summed E-state index contributed by atoms with van der Waals surface area (Å²) in [4.78, 5) is 11.8. The summed E-state index contributed by atoms with van der Waals surface area (Å²) in [6, 6.07) is 0.961. The van der Waals surface area contributed by atoms with Gasteiger partial charge in [0, 0.05) is 37.6 Å². The molecule has 0 bridgehead atoms. The number of imidazole rings is 1. The second-order valence-electron chi connectivity index (χ2n) is 4.50. The first-order valence-electron chi connectivity index (χ1n) is 5.69. The molecule has 4 nitrogen and oxygen atoms in total.